The molecule has 1 N–H and O–H groups in total. The summed E-state index contributed by atoms with van der Waals surface area (Å²) in [6.45, 7) is 4.91. The molecule has 1 fully saturated rings. The number of hydrogen-bond acceptors (Lipinski definition) is 4. The molecule has 6 nitrogen and oxygen atoms in total. The number of rotatable bonds is 5. The summed E-state index contributed by atoms with van der Waals surface area (Å²) in [6, 6.07) is 0. The van der Waals surface area contributed by atoms with Crippen LogP contribution in [0.15, 0.2) is 0 Å². The van der Waals surface area contributed by atoms with E-state index >= 15 is 0 Å². The third-order valence-corrected chi connectivity index (χ3v) is 5.11. The topological polar surface area (TPSA) is 73.2 Å². The van der Waals surface area contributed by atoms with Crippen molar-refractivity contribution in [2.45, 2.75) is 52.0 Å². The highest BCUT2D eigenvalue weighted by Crippen LogP contribution is 2.37. The number of unbranched alkanes of at least 4 members (excludes halogenated alkanes) is 1. The van der Waals surface area contributed by atoms with E-state index in [0.29, 0.717) is 19.5 Å². The van der Waals surface area contributed by atoms with Crippen LogP contribution in [0.25, 0.3) is 0 Å². The molecule has 0 atom stereocenters. The van der Waals surface area contributed by atoms with Crippen molar-refractivity contribution in [1.82, 2.24) is 15.1 Å². The van der Waals surface area contributed by atoms with Crippen LogP contribution in [-0.4, -0.2) is 41.7 Å². The van der Waals surface area contributed by atoms with Gasteiger partial charge < -0.3 is 14.8 Å². The smallest absolute Gasteiger partial charge is 0.269 e. The number of ether oxygens (including phenoxy) is 1. The van der Waals surface area contributed by atoms with Crippen molar-refractivity contribution in [1.29, 1.82) is 0 Å². The van der Waals surface area contributed by atoms with Crippen LogP contribution in [-0.2, 0) is 28.9 Å². The Balaban J connectivity index is 1.95. The van der Waals surface area contributed by atoms with Crippen molar-refractivity contribution in [3.05, 3.63) is 17.0 Å². The van der Waals surface area contributed by atoms with Crippen molar-refractivity contribution in [2.75, 3.05) is 19.8 Å². The molecule has 2 aliphatic heterocycles. The SMILES string of the molecule is CCn1nc(CCCC=O)c2c1C(=O)NCC1(CCOCC1)C2. The standard InChI is InChI=1S/C17H25N3O3/c1-2-20-15-13(14(19-20)5-3-4-8-21)11-17(12-18-16(15)22)6-9-23-10-7-17/h8H,2-7,9-12H2,1H3,(H,18,22). The largest absolute Gasteiger partial charge is 0.381 e. The second-order valence-corrected chi connectivity index (χ2v) is 6.62. The fraction of sp³-hybridized carbons (Fsp3) is 0.706. The molecule has 1 amide bonds. The lowest BCUT2D eigenvalue weighted by atomic mass is 9.75. The molecule has 1 aromatic rings. The molecule has 23 heavy (non-hydrogen) atoms. The summed E-state index contributed by atoms with van der Waals surface area (Å²) in [5.41, 5.74) is 2.89. The number of carbonyl (C=O) groups excluding carboxylic acids is 2. The van der Waals surface area contributed by atoms with Gasteiger partial charge in [0.2, 0.25) is 0 Å². The van der Waals surface area contributed by atoms with Crippen LogP contribution in [0.4, 0.5) is 0 Å². The third kappa shape index (κ3) is 3.17. The highest BCUT2D eigenvalue weighted by Gasteiger charge is 2.39. The molecule has 0 bridgehead atoms. The van der Waals surface area contributed by atoms with Gasteiger partial charge in [-0.25, -0.2) is 0 Å². The third-order valence-electron chi connectivity index (χ3n) is 5.11. The molecule has 0 aliphatic carbocycles. The number of nitrogens with zero attached hydrogens (tertiary/aromatic N) is 2. The molecule has 1 aromatic heterocycles. The molecule has 6 heteroatoms. The van der Waals surface area contributed by atoms with E-state index in [1.807, 2.05) is 11.6 Å². The van der Waals surface area contributed by atoms with Crippen LogP contribution in [0.1, 0.15) is 54.4 Å². The molecule has 126 valence electrons. The van der Waals surface area contributed by atoms with E-state index in [1.54, 1.807) is 0 Å². The van der Waals surface area contributed by atoms with Crippen LogP contribution in [0, 0.1) is 5.41 Å². The Bertz CT molecular complexity index is 588. The normalized spacial score (nSPS) is 20.0. The second kappa shape index (κ2) is 6.83. The van der Waals surface area contributed by atoms with Crippen LogP contribution < -0.4 is 5.32 Å². The van der Waals surface area contributed by atoms with Gasteiger partial charge in [0, 0.05) is 38.3 Å². The average molecular weight is 319 g/mol. The van der Waals surface area contributed by atoms with Gasteiger partial charge in [0.1, 0.15) is 12.0 Å². The number of aldehydes is 1. The molecule has 0 saturated carbocycles. The predicted molar refractivity (Wildman–Crippen MR) is 85.4 cm³/mol. The van der Waals surface area contributed by atoms with Gasteiger partial charge in [-0.15, -0.1) is 0 Å². The summed E-state index contributed by atoms with van der Waals surface area (Å²) in [5, 5.41) is 7.77. The average Bonchev–Trinajstić information content (AvgIpc) is 2.84. The molecular formula is C17H25N3O3. The van der Waals surface area contributed by atoms with Gasteiger partial charge in [0.25, 0.3) is 5.91 Å². The van der Waals surface area contributed by atoms with Crippen LogP contribution in [0.2, 0.25) is 0 Å². The van der Waals surface area contributed by atoms with E-state index in [9.17, 15) is 9.59 Å². The molecule has 1 spiro atoms. The highest BCUT2D eigenvalue weighted by atomic mass is 16.5. The monoisotopic (exact) mass is 319 g/mol. The maximum atomic E-state index is 12.6. The first-order valence-corrected chi connectivity index (χ1v) is 8.57. The number of fused-ring (bicyclic) bond motifs is 1. The van der Waals surface area contributed by atoms with Gasteiger partial charge in [-0.2, -0.15) is 5.10 Å². The minimum absolute atomic E-state index is 0.0145. The van der Waals surface area contributed by atoms with Crippen molar-refractivity contribution < 1.29 is 14.3 Å². The van der Waals surface area contributed by atoms with E-state index < -0.39 is 0 Å². The molecule has 3 rings (SSSR count). The zero-order chi connectivity index (χ0) is 16.3. The molecule has 0 aromatic carbocycles. The van der Waals surface area contributed by atoms with Crippen molar-refractivity contribution in [3.8, 4) is 0 Å². The summed E-state index contributed by atoms with van der Waals surface area (Å²) < 4.78 is 7.34. The lowest BCUT2D eigenvalue weighted by Crippen LogP contribution is -2.40. The van der Waals surface area contributed by atoms with Crippen molar-refractivity contribution in [2.24, 2.45) is 5.41 Å². The Morgan fingerprint density at radius 1 is 1.39 bits per heavy atom. The quantitative estimate of drug-likeness (QED) is 0.659. The van der Waals surface area contributed by atoms with E-state index in [1.165, 1.54) is 0 Å². The molecule has 2 aliphatic rings. The van der Waals surface area contributed by atoms with E-state index in [-0.39, 0.29) is 11.3 Å². The molecule has 0 unspecified atom stereocenters. The lowest BCUT2D eigenvalue weighted by Gasteiger charge is -2.36. The van der Waals surface area contributed by atoms with Gasteiger partial charge in [-0.05, 0) is 44.4 Å². The highest BCUT2D eigenvalue weighted by molar-refractivity contribution is 5.94. The van der Waals surface area contributed by atoms with E-state index in [2.05, 4.69) is 10.4 Å². The fourth-order valence-electron chi connectivity index (χ4n) is 3.72. The first kappa shape index (κ1) is 16.2. The minimum Gasteiger partial charge on any atom is -0.381 e. The van der Waals surface area contributed by atoms with Gasteiger partial charge in [0.05, 0.1) is 5.69 Å². The Kier molecular flexibility index (Phi) is 4.80. The lowest BCUT2D eigenvalue weighted by molar-refractivity contribution is -0.107. The number of aromatic nitrogens is 2. The summed E-state index contributed by atoms with van der Waals surface area (Å²) >= 11 is 0. The number of carbonyl (C=O) groups is 2. The number of hydrogen-bond donors (Lipinski definition) is 1. The van der Waals surface area contributed by atoms with Crippen molar-refractivity contribution in [3.63, 3.8) is 0 Å². The summed E-state index contributed by atoms with van der Waals surface area (Å²) in [7, 11) is 0. The summed E-state index contributed by atoms with van der Waals surface area (Å²) in [6.07, 6.45) is 5.85. The van der Waals surface area contributed by atoms with Crippen LogP contribution in [0.5, 0.6) is 0 Å². The minimum atomic E-state index is -0.0145. The van der Waals surface area contributed by atoms with Gasteiger partial charge >= 0.3 is 0 Å². The molecular weight excluding hydrogens is 294 g/mol. The Morgan fingerprint density at radius 3 is 2.87 bits per heavy atom. The number of aryl methyl sites for hydroxylation is 2. The zero-order valence-corrected chi connectivity index (χ0v) is 13.8. The zero-order valence-electron chi connectivity index (χ0n) is 13.8. The maximum absolute atomic E-state index is 12.6. The van der Waals surface area contributed by atoms with E-state index in [0.717, 1.165) is 68.6 Å². The summed E-state index contributed by atoms with van der Waals surface area (Å²) in [5.74, 6) is -0.0145. The van der Waals surface area contributed by atoms with Crippen molar-refractivity contribution >= 4 is 12.2 Å². The van der Waals surface area contributed by atoms with Gasteiger partial charge in [-0.1, -0.05) is 0 Å². The van der Waals surface area contributed by atoms with Crippen LogP contribution >= 0.6 is 0 Å². The summed E-state index contributed by atoms with van der Waals surface area (Å²) in [4.78, 5) is 23.2. The predicted octanol–water partition coefficient (Wildman–Crippen LogP) is 1.51. The number of nitrogens with one attached hydrogen (secondary N) is 1. The fourth-order valence-corrected chi connectivity index (χ4v) is 3.72. The van der Waals surface area contributed by atoms with E-state index in [4.69, 9.17) is 4.74 Å². The Morgan fingerprint density at radius 2 is 2.17 bits per heavy atom. The van der Waals surface area contributed by atoms with Gasteiger partial charge in [0.15, 0.2) is 0 Å². The first-order valence-electron chi connectivity index (χ1n) is 8.57. The second-order valence-electron chi connectivity index (χ2n) is 6.62. The van der Waals surface area contributed by atoms with Crippen LogP contribution in [0.3, 0.4) is 0 Å². The Labute approximate surface area is 136 Å². The first-order chi connectivity index (χ1) is 11.2. The molecule has 3 heterocycles. The molecule has 1 saturated heterocycles. The molecule has 0 radical (unpaired) electrons. The van der Waals surface area contributed by atoms with Gasteiger partial charge in [-0.3, -0.25) is 9.48 Å². The maximum Gasteiger partial charge on any atom is 0.269 e. The number of amides is 1. The Hall–Kier alpha value is -1.69.